The first kappa shape index (κ1) is 27.5. The number of aryl methyl sites for hydroxylation is 2. The Labute approximate surface area is 202 Å². The van der Waals surface area contributed by atoms with Crippen LogP contribution in [-0.4, -0.2) is 23.3 Å². The van der Waals surface area contributed by atoms with Crippen molar-refractivity contribution in [1.29, 1.82) is 0 Å². The van der Waals surface area contributed by atoms with Crippen LogP contribution in [0.15, 0.2) is 12.1 Å². The number of carbonyl (C=O) groups is 1. The second-order valence-corrected chi connectivity index (χ2v) is 11.3. The van der Waals surface area contributed by atoms with Gasteiger partial charge in [-0.3, -0.25) is 0 Å². The van der Waals surface area contributed by atoms with E-state index in [0.717, 1.165) is 53.9 Å². The summed E-state index contributed by atoms with van der Waals surface area (Å²) >= 11 is 0. The van der Waals surface area contributed by atoms with E-state index in [0.29, 0.717) is 5.75 Å². The number of fused-ring (bicyclic) bond motifs is 1. The summed E-state index contributed by atoms with van der Waals surface area (Å²) < 4.78 is 11.9. The lowest BCUT2D eigenvalue weighted by Gasteiger charge is -2.37. The monoisotopic (exact) mass is 460 g/mol. The second kappa shape index (κ2) is 13.2. The summed E-state index contributed by atoms with van der Waals surface area (Å²) in [6, 6.07) is 3.83. The predicted molar refractivity (Wildman–Crippen MR) is 136 cm³/mol. The number of carboxylic acids is 1. The Morgan fingerprint density at radius 3 is 2.24 bits per heavy atom. The highest BCUT2D eigenvalue weighted by Gasteiger charge is 2.32. The molecule has 3 unspecified atom stereocenters. The van der Waals surface area contributed by atoms with Crippen LogP contribution in [0.4, 0.5) is 0 Å². The van der Waals surface area contributed by atoms with Crippen LogP contribution < -0.4 is 9.47 Å². The molecule has 4 nitrogen and oxygen atoms in total. The van der Waals surface area contributed by atoms with Gasteiger partial charge in [0.05, 0.1) is 0 Å². The number of hydrogen-bond donors (Lipinski definition) is 1. The molecule has 0 saturated heterocycles. The third-order valence-corrected chi connectivity index (χ3v) is 7.23. The quantitative estimate of drug-likeness (QED) is 0.288. The maximum Gasteiger partial charge on any atom is 0.341 e. The van der Waals surface area contributed by atoms with Crippen LogP contribution in [0.25, 0.3) is 0 Å². The van der Waals surface area contributed by atoms with Crippen molar-refractivity contribution in [2.45, 2.75) is 118 Å². The van der Waals surface area contributed by atoms with E-state index in [4.69, 9.17) is 14.6 Å². The molecule has 0 fully saturated rings. The normalized spacial score (nSPS) is 19.6. The van der Waals surface area contributed by atoms with E-state index in [1.165, 1.54) is 51.4 Å². The van der Waals surface area contributed by atoms with Crippen LogP contribution >= 0.6 is 0 Å². The van der Waals surface area contributed by atoms with E-state index in [9.17, 15) is 4.79 Å². The predicted octanol–water partition coefficient (Wildman–Crippen LogP) is 7.98. The molecule has 33 heavy (non-hydrogen) atoms. The van der Waals surface area contributed by atoms with E-state index in [2.05, 4.69) is 34.6 Å². The summed E-state index contributed by atoms with van der Waals surface area (Å²) in [5.41, 5.74) is 2.03. The van der Waals surface area contributed by atoms with Gasteiger partial charge in [-0.2, -0.15) is 0 Å². The third-order valence-electron chi connectivity index (χ3n) is 7.23. The molecular formula is C29H48O4. The second-order valence-electron chi connectivity index (χ2n) is 11.3. The Balaban J connectivity index is 1.72. The SMILES string of the molecule is Cc1cc(OCC(=O)O)cc2c1OC(C)(CCCC(C)CCCC(C)CCCC(C)C)CC2. The van der Waals surface area contributed by atoms with E-state index < -0.39 is 5.97 Å². The van der Waals surface area contributed by atoms with Crippen LogP contribution in [0.5, 0.6) is 11.5 Å². The summed E-state index contributed by atoms with van der Waals surface area (Å²) in [5, 5.41) is 8.84. The molecule has 1 aromatic rings. The smallest absolute Gasteiger partial charge is 0.341 e. The average molecular weight is 461 g/mol. The molecule has 0 bridgehead atoms. The van der Waals surface area contributed by atoms with Crippen LogP contribution in [0.1, 0.15) is 110 Å². The van der Waals surface area contributed by atoms with Crippen molar-refractivity contribution in [3.8, 4) is 11.5 Å². The number of aliphatic carboxylic acids is 1. The molecule has 1 aliphatic heterocycles. The largest absolute Gasteiger partial charge is 0.487 e. The summed E-state index contributed by atoms with van der Waals surface area (Å²) in [6.07, 6.45) is 13.7. The lowest BCUT2D eigenvalue weighted by Crippen LogP contribution is -2.36. The lowest BCUT2D eigenvalue weighted by molar-refractivity contribution is -0.139. The van der Waals surface area contributed by atoms with E-state index in [-0.39, 0.29) is 12.2 Å². The van der Waals surface area contributed by atoms with Crippen LogP contribution in [0.3, 0.4) is 0 Å². The Morgan fingerprint density at radius 2 is 1.64 bits per heavy atom. The van der Waals surface area contributed by atoms with Gasteiger partial charge in [0.25, 0.3) is 0 Å². The number of hydrogen-bond acceptors (Lipinski definition) is 3. The van der Waals surface area contributed by atoms with Gasteiger partial charge in [-0.05, 0) is 80.5 Å². The molecule has 0 radical (unpaired) electrons. The Bertz CT molecular complexity index is 741. The van der Waals surface area contributed by atoms with Gasteiger partial charge in [0.15, 0.2) is 6.61 Å². The van der Waals surface area contributed by atoms with Crippen molar-refractivity contribution in [2.75, 3.05) is 6.61 Å². The van der Waals surface area contributed by atoms with Gasteiger partial charge in [-0.1, -0.05) is 72.6 Å². The van der Waals surface area contributed by atoms with Crippen LogP contribution in [-0.2, 0) is 11.2 Å². The molecule has 0 spiro atoms. The molecule has 0 saturated carbocycles. The fourth-order valence-electron chi connectivity index (χ4n) is 5.05. The molecule has 1 aromatic carbocycles. The molecule has 0 aliphatic carbocycles. The van der Waals surface area contributed by atoms with Gasteiger partial charge in [0.2, 0.25) is 0 Å². The highest BCUT2D eigenvalue weighted by atomic mass is 16.5. The van der Waals surface area contributed by atoms with Crippen molar-refractivity contribution in [1.82, 2.24) is 0 Å². The van der Waals surface area contributed by atoms with Crippen LogP contribution in [0, 0.1) is 24.7 Å². The zero-order valence-electron chi connectivity index (χ0n) is 22.0. The van der Waals surface area contributed by atoms with Crippen molar-refractivity contribution >= 4 is 5.97 Å². The Hall–Kier alpha value is -1.71. The number of benzene rings is 1. The van der Waals surface area contributed by atoms with Crippen molar-refractivity contribution < 1.29 is 19.4 Å². The molecule has 1 aliphatic rings. The topological polar surface area (TPSA) is 55.8 Å². The van der Waals surface area contributed by atoms with E-state index in [1.807, 2.05) is 19.1 Å². The minimum absolute atomic E-state index is 0.119. The van der Waals surface area contributed by atoms with Crippen LogP contribution in [0.2, 0.25) is 0 Å². The number of ether oxygens (including phenoxy) is 2. The zero-order valence-corrected chi connectivity index (χ0v) is 22.0. The first-order chi connectivity index (χ1) is 15.6. The van der Waals surface area contributed by atoms with Gasteiger partial charge in [0, 0.05) is 0 Å². The minimum Gasteiger partial charge on any atom is -0.487 e. The zero-order chi connectivity index (χ0) is 24.4. The molecule has 0 amide bonds. The van der Waals surface area contributed by atoms with Crippen molar-refractivity contribution in [3.63, 3.8) is 0 Å². The van der Waals surface area contributed by atoms with Crippen molar-refractivity contribution in [2.24, 2.45) is 17.8 Å². The highest BCUT2D eigenvalue weighted by Crippen LogP contribution is 2.40. The first-order valence-electron chi connectivity index (χ1n) is 13.2. The molecule has 0 aromatic heterocycles. The highest BCUT2D eigenvalue weighted by molar-refractivity contribution is 5.68. The van der Waals surface area contributed by atoms with Gasteiger partial charge in [0.1, 0.15) is 17.1 Å². The number of carboxylic acid groups (broad SMARTS) is 1. The van der Waals surface area contributed by atoms with E-state index >= 15 is 0 Å². The average Bonchev–Trinajstić information content (AvgIpc) is 2.72. The van der Waals surface area contributed by atoms with Gasteiger partial charge in [-0.15, -0.1) is 0 Å². The summed E-state index contributed by atoms with van der Waals surface area (Å²) in [7, 11) is 0. The molecule has 2 rings (SSSR count). The van der Waals surface area contributed by atoms with Gasteiger partial charge >= 0.3 is 5.97 Å². The molecule has 188 valence electrons. The van der Waals surface area contributed by atoms with Gasteiger partial charge in [-0.25, -0.2) is 4.79 Å². The minimum atomic E-state index is -0.959. The molecule has 1 heterocycles. The summed E-state index contributed by atoms with van der Waals surface area (Å²) in [5.74, 6) is 3.10. The van der Waals surface area contributed by atoms with E-state index in [1.54, 1.807) is 0 Å². The third kappa shape index (κ3) is 9.98. The maximum atomic E-state index is 10.8. The standard InChI is InChI=1S/C29H48O4/c1-21(2)10-7-11-22(3)12-8-13-23(4)14-9-16-29(6)17-15-25-19-26(32-20-27(30)31)18-24(5)28(25)33-29/h18-19,21-23H,7-17,20H2,1-6H3,(H,30,31). The lowest BCUT2D eigenvalue weighted by atomic mass is 9.85. The molecule has 1 N–H and O–H groups in total. The number of rotatable bonds is 15. The fraction of sp³-hybridized carbons (Fsp3) is 0.759. The fourth-order valence-corrected chi connectivity index (χ4v) is 5.05. The van der Waals surface area contributed by atoms with Crippen molar-refractivity contribution in [3.05, 3.63) is 23.3 Å². The Morgan fingerprint density at radius 1 is 1.03 bits per heavy atom. The summed E-state index contributed by atoms with van der Waals surface area (Å²) in [6.45, 7) is 13.4. The first-order valence-corrected chi connectivity index (χ1v) is 13.2. The molecular weight excluding hydrogens is 412 g/mol. The Kier molecular flexibility index (Phi) is 11.1. The summed E-state index contributed by atoms with van der Waals surface area (Å²) in [4.78, 5) is 10.8. The molecule has 3 atom stereocenters. The molecule has 4 heteroatoms. The van der Waals surface area contributed by atoms with Gasteiger partial charge < -0.3 is 14.6 Å². The maximum absolute atomic E-state index is 10.8.